The molecule has 0 amide bonds. The Bertz CT molecular complexity index is 1150. The number of hydrogen-bond acceptors (Lipinski definition) is 6. The lowest BCUT2D eigenvalue weighted by atomic mass is 9.99. The van der Waals surface area contributed by atoms with E-state index in [2.05, 4.69) is 9.97 Å². The van der Waals surface area contributed by atoms with Crippen LogP contribution < -0.4 is 11.5 Å². The lowest BCUT2D eigenvalue weighted by molar-refractivity contribution is 0.112. The van der Waals surface area contributed by atoms with Gasteiger partial charge in [-0.3, -0.25) is 4.79 Å². The lowest BCUT2D eigenvalue weighted by Crippen LogP contribution is -2.01. The lowest BCUT2D eigenvalue weighted by Gasteiger charge is -2.13. The summed E-state index contributed by atoms with van der Waals surface area (Å²) < 4.78 is 0. The van der Waals surface area contributed by atoms with Crippen molar-refractivity contribution in [2.45, 2.75) is 9.79 Å². The highest BCUT2D eigenvalue weighted by molar-refractivity contribution is 7.99. The molecule has 0 aliphatic rings. The molecule has 0 aliphatic carbocycles. The maximum atomic E-state index is 11.5. The molecule has 27 heavy (non-hydrogen) atoms. The molecule has 3 aromatic carbocycles. The number of nitrogens with zero attached hydrogens (tertiary/aromatic N) is 2. The number of anilines is 2. The maximum absolute atomic E-state index is 11.5. The van der Waals surface area contributed by atoms with Crippen molar-refractivity contribution >= 4 is 40.7 Å². The molecule has 0 spiro atoms. The minimum atomic E-state index is 0.122. The number of aldehydes is 1. The first kappa shape index (κ1) is 17.1. The van der Waals surface area contributed by atoms with Gasteiger partial charge >= 0.3 is 0 Å². The maximum Gasteiger partial charge on any atom is 0.222 e. The van der Waals surface area contributed by atoms with Crippen molar-refractivity contribution in [2.75, 3.05) is 11.5 Å². The Labute approximate surface area is 160 Å². The van der Waals surface area contributed by atoms with Crippen molar-refractivity contribution in [3.8, 4) is 11.1 Å². The molecule has 6 heteroatoms. The Morgan fingerprint density at radius 3 is 2.41 bits per heavy atom. The van der Waals surface area contributed by atoms with Crippen LogP contribution in [-0.4, -0.2) is 16.3 Å². The highest BCUT2D eigenvalue weighted by Gasteiger charge is 2.14. The van der Waals surface area contributed by atoms with Crippen LogP contribution in [0.1, 0.15) is 10.4 Å². The number of nitrogen functional groups attached to an aromatic ring is 2. The third-order valence-corrected chi connectivity index (χ3v) is 5.23. The molecule has 0 aliphatic heterocycles. The van der Waals surface area contributed by atoms with Gasteiger partial charge in [-0.05, 0) is 35.4 Å². The van der Waals surface area contributed by atoms with Gasteiger partial charge in [0.2, 0.25) is 5.95 Å². The molecule has 0 unspecified atom stereocenters. The predicted octanol–water partition coefficient (Wildman–Crippen LogP) is 4.42. The highest BCUT2D eigenvalue weighted by atomic mass is 32.2. The summed E-state index contributed by atoms with van der Waals surface area (Å²) in [7, 11) is 0. The van der Waals surface area contributed by atoms with Crippen LogP contribution in [0.25, 0.3) is 22.0 Å². The quantitative estimate of drug-likeness (QED) is 0.515. The zero-order valence-corrected chi connectivity index (χ0v) is 15.1. The van der Waals surface area contributed by atoms with Crippen molar-refractivity contribution in [1.29, 1.82) is 0 Å². The summed E-state index contributed by atoms with van der Waals surface area (Å²) in [5.41, 5.74) is 14.9. The van der Waals surface area contributed by atoms with Crippen LogP contribution in [0.4, 0.5) is 11.8 Å². The van der Waals surface area contributed by atoms with Crippen molar-refractivity contribution in [3.63, 3.8) is 0 Å². The van der Waals surface area contributed by atoms with Gasteiger partial charge in [0.05, 0.1) is 10.9 Å². The Morgan fingerprint density at radius 1 is 0.889 bits per heavy atom. The van der Waals surface area contributed by atoms with Crippen LogP contribution in [0.2, 0.25) is 0 Å². The van der Waals surface area contributed by atoms with Crippen molar-refractivity contribution in [1.82, 2.24) is 9.97 Å². The summed E-state index contributed by atoms with van der Waals surface area (Å²) in [6.07, 6.45) is 0.853. The van der Waals surface area contributed by atoms with Crippen molar-refractivity contribution < 1.29 is 4.79 Å². The van der Waals surface area contributed by atoms with Crippen LogP contribution in [0.3, 0.4) is 0 Å². The van der Waals surface area contributed by atoms with Gasteiger partial charge in [0.1, 0.15) is 5.82 Å². The largest absolute Gasteiger partial charge is 0.383 e. The Hall–Kier alpha value is -3.38. The van der Waals surface area contributed by atoms with E-state index < -0.39 is 0 Å². The summed E-state index contributed by atoms with van der Waals surface area (Å²) in [6.45, 7) is 0. The monoisotopic (exact) mass is 372 g/mol. The second-order valence-corrected chi connectivity index (χ2v) is 7.07. The molecule has 4 aromatic rings. The molecule has 0 saturated heterocycles. The number of hydrogen-bond donors (Lipinski definition) is 2. The standard InChI is InChI=1S/C21H16N4OS/c22-20-19-17(24-21(23)25-20)10-14(16-9-5-4-6-13(16)12-26)11-18(19)27-15-7-2-1-3-8-15/h1-12H,(H4,22,23,24,25). The van der Waals surface area contributed by atoms with Gasteiger partial charge in [-0.1, -0.05) is 54.2 Å². The second-order valence-electron chi connectivity index (χ2n) is 5.96. The van der Waals surface area contributed by atoms with Gasteiger partial charge in [0, 0.05) is 15.4 Å². The fourth-order valence-electron chi connectivity index (χ4n) is 2.99. The van der Waals surface area contributed by atoms with E-state index in [1.54, 1.807) is 17.8 Å². The van der Waals surface area contributed by atoms with Crippen LogP contribution in [-0.2, 0) is 0 Å². The van der Waals surface area contributed by atoms with E-state index in [0.29, 0.717) is 16.9 Å². The number of nitrogens with two attached hydrogens (primary N) is 2. The number of rotatable bonds is 4. The van der Waals surface area contributed by atoms with Crippen LogP contribution >= 0.6 is 11.8 Å². The molecular formula is C21H16N4OS. The Kier molecular flexibility index (Phi) is 4.48. The zero-order chi connectivity index (χ0) is 18.8. The van der Waals surface area contributed by atoms with Crippen LogP contribution in [0, 0.1) is 0 Å². The highest BCUT2D eigenvalue weighted by Crippen LogP contribution is 2.39. The number of fused-ring (bicyclic) bond motifs is 1. The Morgan fingerprint density at radius 2 is 1.63 bits per heavy atom. The summed E-state index contributed by atoms with van der Waals surface area (Å²) in [5.74, 6) is 0.461. The van der Waals surface area contributed by atoms with Crippen LogP contribution in [0.5, 0.6) is 0 Å². The molecule has 0 fully saturated rings. The van der Waals surface area contributed by atoms with E-state index in [1.807, 2.05) is 60.7 Å². The zero-order valence-electron chi connectivity index (χ0n) is 14.3. The minimum absolute atomic E-state index is 0.122. The molecule has 1 aromatic heterocycles. The average molecular weight is 372 g/mol. The van der Waals surface area contributed by atoms with Gasteiger partial charge in [0.25, 0.3) is 0 Å². The summed E-state index contributed by atoms with van der Waals surface area (Å²) in [5, 5.41) is 0.755. The van der Waals surface area contributed by atoms with E-state index >= 15 is 0 Å². The molecule has 0 saturated carbocycles. The molecule has 0 radical (unpaired) electrons. The average Bonchev–Trinajstić information content (AvgIpc) is 2.68. The summed E-state index contributed by atoms with van der Waals surface area (Å²) >= 11 is 1.57. The number of benzene rings is 3. The van der Waals surface area contributed by atoms with E-state index in [4.69, 9.17) is 11.5 Å². The fourth-order valence-corrected chi connectivity index (χ4v) is 4.03. The number of carbonyl (C=O) groups excluding carboxylic acids is 1. The molecule has 0 bridgehead atoms. The van der Waals surface area contributed by atoms with Gasteiger partial charge in [-0.15, -0.1) is 0 Å². The Balaban J connectivity index is 1.98. The topological polar surface area (TPSA) is 94.9 Å². The normalized spacial score (nSPS) is 10.8. The minimum Gasteiger partial charge on any atom is -0.383 e. The number of aromatic nitrogens is 2. The first-order valence-corrected chi connectivity index (χ1v) is 9.11. The third kappa shape index (κ3) is 3.35. The number of carbonyl (C=O) groups is 1. The SMILES string of the molecule is Nc1nc(N)c2c(Sc3ccccc3)cc(-c3ccccc3C=O)cc2n1. The molecule has 5 nitrogen and oxygen atoms in total. The molecule has 4 rings (SSSR count). The molecular weight excluding hydrogens is 356 g/mol. The third-order valence-electron chi connectivity index (χ3n) is 4.18. The van der Waals surface area contributed by atoms with Crippen molar-refractivity contribution in [3.05, 3.63) is 72.3 Å². The van der Waals surface area contributed by atoms with Gasteiger partial charge in [0.15, 0.2) is 6.29 Å². The van der Waals surface area contributed by atoms with Crippen molar-refractivity contribution in [2.24, 2.45) is 0 Å². The molecule has 4 N–H and O–H groups in total. The summed E-state index contributed by atoms with van der Waals surface area (Å²) in [6, 6.07) is 21.3. The first-order valence-electron chi connectivity index (χ1n) is 8.30. The van der Waals surface area contributed by atoms with E-state index in [1.165, 1.54) is 0 Å². The second kappa shape index (κ2) is 7.09. The van der Waals surface area contributed by atoms with Gasteiger partial charge in [-0.2, -0.15) is 4.98 Å². The smallest absolute Gasteiger partial charge is 0.222 e. The molecule has 1 heterocycles. The van der Waals surface area contributed by atoms with E-state index in [9.17, 15) is 4.79 Å². The van der Waals surface area contributed by atoms with Gasteiger partial charge < -0.3 is 11.5 Å². The summed E-state index contributed by atoms with van der Waals surface area (Å²) in [4.78, 5) is 21.9. The predicted molar refractivity (Wildman–Crippen MR) is 110 cm³/mol. The molecule has 0 atom stereocenters. The van der Waals surface area contributed by atoms with E-state index in [-0.39, 0.29) is 5.95 Å². The first-order chi connectivity index (χ1) is 13.2. The fraction of sp³-hybridized carbons (Fsp3) is 0. The molecule has 132 valence electrons. The van der Waals surface area contributed by atoms with Gasteiger partial charge in [-0.25, -0.2) is 4.98 Å². The van der Waals surface area contributed by atoms with E-state index in [0.717, 1.165) is 32.6 Å². The van der Waals surface area contributed by atoms with Crippen LogP contribution in [0.15, 0.2) is 76.5 Å².